The maximum Gasteiger partial charge on any atom is 0.410 e. The fourth-order valence-corrected chi connectivity index (χ4v) is 2.58. The highest BCUT2D eigenvalue weighted by Crippen LogP contribution is 2.41. The zero-order valence-electron chi connectivity index (χ0n) is 11.2. The van der Waals surface area contributed by atoms with E-state index in [2.05, 4.69) is 5.32 Å². The summed E-state index contributed by atoms with van der Waals surface area (Å²) in [6, 6.07) is 0. The number of amides is 2. The third kappa shape index (κ3) is 2.36. The van der Waals surface area contributed by atoms with Gasteiger partial charge in [-0.2, -0.15) is 0 Å². The number of carboxylic acids is 1. The molecule has 2 fully saturated rings. The molecule has 7 heteroatoms. The van der Waals surface area contributed by atoms with Crippen molar-refractivity contribution >= 4 is 18.0 Å². The fourth-order valence-electron chi connectivity index (χ4n) is 2.58. The Morgan fingerprint density at radius 1 is 1.42 bits per heavy atom. The number of ether oxygens (including phenoxy) is 1. The fraction of sp³-hybridized carbons (Fsp3) is 0.750. The number of nitrogens with zero attached hydrogens (tertiary/aromatic N) is 1. The molecule has 1 atom stereocenters. The Hall–Kier alpha value is -1.79. The Kier molecular flexibility index (Phi) is 2.95. The van der Waals surface area contributed by atoms with E-state index in [1.54, 1.807) is 20.8 Å². The van der Waals surface area contributed by atoms with Gasteiger partial charge in [0.2, 0.25) is 5.91 Å². The van der Waals surface area contributed by atoms with Crippen molar-refractivity contribution in [2.75, 3.05) is 19.6 Å². The summed E-state index contributed by atoms with van der Waals surface area (Å²) in [4.78, 5) is 35.9. The number of nitrogens with one attached hydrogen (secondary N) is 1. The number of hydrogen-bond acceptors (Lipinski definition) is 4. The number of hydrogen-bond donors (Lipinski definition) is 2. The molecule has 0 aliphatic carbocycles. The molecule has 0 bridgehead atoms. The van der Waals surface area contributed by atoms with Crippen molar-refractivity contribution in [2.45, 2.75) is 26.4 Å². The highest BCUT2D eigenvalue weighted by Gasteiger charge is 2.60. The van der Waals surface area contributed by atoms with Crippen molar-refractivity contribution in [1.29, 1.82) is 0 Å². The van der Waals surface area contributed by atoms with Crippen LogP contribution in [-0.4, -0.2) is 53.2 Å². The van der Waals surface area contributed by atoms with Crippen LogP contribution in [0.5, 0.6) is 0 Å². The van der Waals surface area contributed by atoms with Gasteiger partial charge in [-0.3, -0.25) is 9.59 Å². The number of aliphatic carboxylic acids is 1. The lowest BCUT2D eigenvalue weighted by Gasteiger charge is -2.48. The molecule has 2 rings (SSSR count). The highest BCUT2D eigenvalue weighted by atomic mass is 16.6. The first-order valence-corrected chi connectivity index (χ1v) is 6.13. The van der Waals surface area contributed by atoms with Crippen LogP contribution in [0.4, 0.5) is 4.79 Å². The molecule has 106 valence electrons. The van der Waals surface area contributed by atoms with Gasteiger partial charge in [0.1, 0.15) is 11.5 Å². The van der Waals surface area contributed by atoms with Crippen LogP contribution >= 0.6 is 0 Å². The Labute approximate surface area is 110 Å². The monoisotopic (exact) mass is 270 g/mol. The minimum atomic E-state index is -1.14. The average molecular weight is 270 g/mol. The predicted octanol–water partition coefficient (Wildman–Crippen LogP) is 0.0541. The lowest BCUT2D eigenvalue weighted by Crippen LogP contribution is -2.63. The molecule has 1 unspecified atom stereocenters. The standard InChI is InChI=1S/C12H18N2O5/c1-11(2,3)19-10(18)14-5-12(6-14)4-13-8(15)7(12)9(16)17/h7H,4-6H2,1-3H3,(H,13,15)(H,16,17). The Morgan fingerprint density at radius 2 is 2.00 bits per heavy atom. The van der Waals surface area contributed by atoms with Gasteiger partial charge in [-0.05, 0) is 20.8 Å². The Balaban J connectivity index is 2.00. The minimum Gasteiger partial charge on any atom is -0.481 e. The quantitative estimate of drug-likeness (QED) is 0.656. The Bertz CT molecular complexity index is 434. The van der Waals surface area contributed by atoms with Crippen molar-refractivity contribution in [3.63, 3.8) is 0 Å². The number of carbonyl (C=O) groups is 3. The molecule has 2 aliphatic rings. The third-order valence-corrected chi connectivity index (χ3v) is 3.40. The number of carbonyl (C=O) groups excluding carboxylic acids is 2. The number of rotatable bonds is 1. The van der Waals surface area contributed by atoms with Gasteiger partial charge >= 0.3 is 12.1 Å². The molecule has 2 heterocycles. The summed E-state index contributed by atoms with van der Waals surface area (Å²) in [5.41, 5.74) is -1.27. The highest BCUT2D eigenvalue weighted by molar-refractivity contribution is 6.00. The van der Waals surface area contributed by atoms with E-state index in [9.17, 15) is 14.4 Å². The molecule has 0 aromatic heterocycles. The maximum atomic E-state index is 11.8. The Morgan fingerprint density at radius 3 is 2.47 bits per heavy atom. The average Bonchev–Trinajstić information content (AvgIpc) is 2.50. The van der Waals surface area contributed by atoms with Crippen molar-refractivity contribution in [3.8, 4) is 0 Å². The summed E-state index contributed by atoms with van der Waals surface area (Å²) in [6.45, 7) is 6.06. The van der Waals surface area contributed by atoms with Crippen molar-refractivity contribution in [1.82, 2.24) is 10.2 Å². The lowest BCUT2D eigenvalue weighted by molar-refractivity contribution is -0.154. The van der Waals surface area contributed by atoms with Crippen LogP contribution in [0.25, 0.3) is 0 Å². The van der Waals surface area contributed by atoms with Crippen LogP contribution in [-0.2, 0) is 14.3 Å². The van der Waals surface area contributed by atoms with E-state index in [0.717, 1.165) is 0 Å². The van der Waals surface area contributed by atoms with E-state index in [1.165, 1.54) is 4.90 Å². The van der Waals surface area contributed by atoms with Crippen molar-refractivity contribution in [3.05, 3.63) is 0 Å². The smallest absolute Gasteiger partial charge is 0.410 e. The number of carboxylic acid groups (broad SMARTS) is 1. The predicted molar refractivity (Wildman–Crippen MR) is 64.4 cm³/mol. The first-order valence-electron chi connectivity index (χ1n) is 6.13. The van der Waals surface area contributed by atoms with E-state index < -0.39 is 34.9 Å². The third-order valence-electron chi connectivity index (χ3n) is 3.40. The lowest BCUT2D eigenvalue weighted by atomic mass is 9.71. The van der Waals surface area contributed by atoms with Gasteiger partial charge < -0.3 is 20.1 Å². The van der Waals surface area contributed by atoms with Crippen LogP contribution in [0, 0.1) is 11.3 Å². The van der Waals surface area contributed by atoms with E-state index in [-0.39, 0.29) is 13.1 Å². The molecule has 0 radical (unpaired) electrons. The van der Waals surface area contributed by atoms with E-state index in [1.807, 2.05) is 0 Å². The molecule has 2 amide bonds. The van der Waals surface area contributed by atoms with Crippen LogP contribution < -0.4 is 5.32 Å². The van der Waals surface area contributed by atoms with Crippen LogP contribution in [0.15, 0.2) is 0 Å². The molecule has 1 spiro atoms. The summed E-state index contributed by atoms with van der Waals surface area (Å²) in [5.74, 6) is -2.69. The second-order valence-corrected chi connectivity index (χ2v) is 6.19. The van der Waals surface area contributed by atoms with E-state index in [0.29, 0.717) is 6.54 Å². The van der Waals surface area contributed by atoms with Crippen molar-refractivity contribution < 1.29 is 24.2 Å². The summed E-state index contributed by atoms with van der Waals surface area (Å²) in [5, 5.41) is 11.7. The molecule has 2 aliphatic heterocycles. The van der Waals surface area contributed by atoms with Crippen LogP contribution in [0.3, 0.4) is 0 Å². The maximum absolute atomic E-state index is 11.8. The van der Waals surface area contributed by atoms with Gasteiger partial charge in [-0.1, -0.05) is 0 Å². The molecule has 0 aromatic rings. The molecule has 7 nitrogen and oxygen atoms in total. The molecule has 0 saturated carbocycles. The van der Waals surface area contributed by atoms with E-state index >= 15 is 0 Å². The topological polar surface area (TPSA) is 95.9 Å². The van der Waals surface area contributed by atoms with Gasteiger partial charge in [0, 0.05) is 25.0 Å². The molecule has 19 heavy (non-hydrogen) atoms. The second-order valence-electron chi connectivity index (χ2n) is 6.19. The van der Waals surface area contributed by atoms with Gasteiger partial charge in [0.05, 0.1) is 0 Å². The van der Waals surface area contributed by atoms with Gasteiger partial charge in [0.25, 0.3) is 0 Å². The largest absolute Gasteiger partial charge is 0.481 e. The molecule has 0 aromatic carbocycles. The van der Waals surface area contributed by atoms with Gasteiger partial charge in [0.15, 0.2) is 0 Å². The minimum absolute atomic E-state index is 0.234. The van der Waals surface area contributed by atoms with E-state index in [4.69, 9.17) is 9.84 Å². The zero-order chi connectivity index (χ0) is 14.4. The second kappa shape index (κ2) is 4.11. The van der Waals surface area contributed by atoms with Crippen LogP contribution in [0.1, 0.15) is 20.8 Å². The summed E-state index contributed by atoms with van der Waals surface area (Å²) in [7, 11) is 0. The SMILES string of the molecule is CC(C)(C)OC(=O)N1CC2(CNC(=O)C2C(=O)O)C1. The van der Waals surface area contributed by atoms with Crippen molar-refractivity contribution in [2.24, 2.45) is 11.3 Å². The summed E-state index contributed by atoms with van der Waals surface area (Å²) < 4.78 is 5.20. The molecule has 2 saturated heterocycles. The molecule has 2 N–H and O–H groups in total. The summed E-state index contributed by atoms with van der Waals surface area (Å²) >= 11 is 0. The summed E-state index contributed by atoms with van der Waals surface area (Å²) in [6.07, 6.45) is -0.471. The van der Waals surface area contributed by atoms with Gasteiger partial charge in [-0.25, -0.2) is 4.79 Å². The first-order chi connectivity index (χ1) is 8.65. The number of likely N-dealkylation sites (tertiary alicyclic amines) is 1. The normalized spacial score (nSPS) is 24.9. The first kappa shape index (κ1) is 13.6. The van der Waals surface area contributed by atoms with Crippen LogP contribution in [0.2, 0.25) is 0 Å². The zero-order valence-corrected chi connectivity index (χ0v) is 11.2. The van der Waals surface area contributed by atoms with Gasteiger partial charge in [-0.15, -0.1) is 0 Å². The molecular formula is C12H18N2O5. The molecular weight excluding hydrogens is 252 g/mol.